The van der Waals surface area contributed by atoms with Crippen molar-refractivity contribution in [1.82, 2.24) is 15.1 Å². The quantitative estimate of drug-likeness (QED) is 0.865. The van der Waals surface area contributed by atoms with Gasteiger partial charge in [-0.05, 0) is 37.9 Å². The maximum absolute atomic E-state index is 12.1. The van der Waals surface area contributed by atoms with E-state index in [-0.39, 0.29) is 12.5 Å². The van der Waals surface area contributed by atoms with Crippen LogP contribution >= 0.6 is 15.9 Å². The molecular weight excluding hydrogens is 334 g/mol. The summed E-state index contributed by atoms with van der Waals surface area (Å²) in [6.07, 6.45) is 0. The number of carbonyl (C=O) groups is 1. The molecule has 0 aliphatic carbocycles. The number of carbonyl (C=O) groups excluding carboxylic acids is 1. The number of piperazine rings is 1. The second kappa shape index (κ2) is 7.77. The van der Waals surface area contributed by atoms with Gasteiger partial charge in [-0.1, -0.05) is 15.9 Å². The molecule has 0 spiro atoms. The van der Waals surface area contributed by atoms with E-state index in [0.29, 0.717) is 0 Å². The van der Waals surface area contributed by atoms with Gasteiger partial charge in [-0.25, -0.2) is 0 Å². The highest BCUT2D eigenvalue weighted by molar-refractivity contribution is 9.10. The molecule has 0 aromatic heterocycles. The lowest BCUT2D eigenvalue weighted by molar-refractivity contribution is -0.134. The van der Waals surface area contributed by atoms with Crippen LogP contribution in [-0.2, 0) is 11.3 Å². The van der Waals surface area contributed by atoms with Gasteiger partial charge in [0, 0.05) is 37.2 Å². The van der Waals surface area contributed by atoms with Crippen LogP contribution in [0.2, 0.25) is 0 Å². The monoisotopic (exact) mass is 355 g/mol. The number of nitrogens with zero attached hydrogens (tertiary/aromatic N) is 2. The first-order chi connectivity index (χ1) is 10.1. The normalized spacial score (nSPS) is 16.0. The number of likely N-dealkylation sites (N-methyl/N-ethyl adjacent to an activating group) is 1. The smallest absolute Gasteiger partial charge is 0.260 e. The van der Waals surface area contributed by atoms with Crippen molar-refractivity contribution in [2.75, 3.05) is 46.9 Å². The van der Waals surface area contributed by atoms with Gasteiger partial charge in [-0.15, -0.1) is 0 Å². The lowest BCUT2D eigenvalue weighted by atomic mass is 10.2. The zero-order chi connectivity index (χ0) is 15.2. The minimum absolute atomic E-state index is 0.0567. The van der Waals surface area contributed by atoms with Crippen molar-refractivity contribution in [2.45, 2.75) is 6.54 Å². The van der Waals surface area contributed by atoms with Crippen LogP contribution in [0, 0.1) is 0 Å². The summed E-state index contributed by atoms with van der Waals surface area (Å²) in [4.78, 5) is 16.2. The molecule has 1 aromatic carbocycles. The lowest BCUT2D eigenvalue weighted by Gasteiger charge is -2.32. The predicted molar refractivity (Wildman–Crippen MR) is 86.5 cm³/mol. The summed E-state index contributed by atoms with van der Waals surface area (Å²) in [5.41, 5.74) is 1.11. The molecule has 21 heavy (non-hydrogen) atoms. The van der Waals surface area contributed by atoms with E-state index in [1.165, 1.54) is 0 Å². The third kappa shape index (κ3) is 4.69. The van der Waals surface area contributed by atoms with E-state index in [2.05, 4.69) is 33.2 Å². The standard InChI is InChI=1S/C15H22BrN3O2/c1-17-10-12-9-13(3-4-14(12)16)21-11-15(20)19-7-5-18(2)6-8-19/h3-4,9,17H,5-8,10-11H2,1-2H3. The van der Waals surface area contributed by atoms with Crippen LogP contribution in [0.1, 0.15) is 5.56 Å². The maximum Gasteiger partial charge on any atom is 0.260 e. The van der Waals surface area contributed by atoms with Gasteiger partial charge in [-0.3, -0.25) is 4.79 Å². The number of benzene rings is 1. The Balaban J connectivity index is 1.87. The molecule has 6 heteroatoms. The molecule has 1 N–H and O–H groups in total. The second-order valence-corrected chi connectivity index (χ2v) is 6.11. The van der Waals surface area contributed by atoms with Crippen LogP contribution in [0.3, 0.4) is 0 Å². The van der Waals surface area contributed by atoms with Crippen molar-refractivity contribution in [2.24, 2.45) is 0 Å². The summed E-state index contributed by atoms with van der Waals surface area (Å²) >= 11 is 3.50. The Bertz CT molecular complexity index is 488. The van der Waals surface area contributed by atoms with Crippen molar-refractivity contribution in [1.29, 1.82) is 0 Å². The summed E-state index contributed by atoms with van der Waals surface area (Å²) in [5.74, 6) is 0.784. The van der Waals surface area contributed by atoms with Crippen molar-refractivity contribution < 1.29 is 9.53 Å². The van der Waals surface area contributed by atoms with Gasteiger partial charge >= 0.3 is 0 Å². The van der Waals surface area contributed by atoms with E-state index in [4.69, 9.17) is 4.74 Å². The number of nitrogens with one attached hydrogen (secondary N) is 1. The largest absolute Gasteiger partial charge is 0.484 e. The molecule has 1 fully saturated rings. The second-order valence-electron chi connectivity index (χ2n) is 5.26. The van der Waals surface area contributed by atoms with Crippen LogP contribution in [0.25, 0.3) is 0 Å². The van der Waals surface area contributed by atoms with Gasteiger partial charge in [0.1, 0.15) is 5.75 Å². The number of rotatable bonds is 5. The number of halogens is 1. The minimum atomic E-state index is 0.0567. The first-order valence-corrected chi connectivity index (χ1v) is 7.91. The zero-order valence-corrected chi connectivity index (χ0v) is 14.1. The Morgan fingerprint density at radius 2 is 2.05 bits per heavy atom. The Labute approximate surface area is 134 Å². The van der Waals surface area contributed by atoms with Crippen LogP contribution < -0.4 is 10.1 Å². The third-order valence-electron chi connectivity index (χ3n) is 3.60. The fraction of sp³-hybridized carbons (Fsp3) is 0.533. The fourth-order valence-electron chi connectivity index (χ4n) is 2.26. The molecule has 1 aliphatic rings. The van der Waals surface area contributed by atoms with Crippen LogP contribution in [0.15, 0.2) is 22.7 Å². The molecule has 1 aliphatic heterocycles. The Kier molecular flexibility index (Phi) is 6.02. The van der Waals surface area contributed by atoms with Crippen LogP contribution in [-0.4, -0.2) is 62.6 Å². The van der Waals surface area contributed by atoms with E-state index in [9.17, 15) is 4.79 Å². The maximum atomic E-state index is 12.1. The molecule has 0 radical (unpaired) electrons. The zero-order valence-electron chi connectivity index (χ0n) is 12.6. The molecule has 0 bridgehead atoms. The number of hydrogen-bond donors (Lipinski definition) is 1. The van der Waals surface area contributed by atoms with E-state index in [1.54, 1.807) is 0 Å². The topological polar surface area (TPSA) is 44.8 Å². The van der Waals surface area contributed by atoms with Gasteiger partial charge in [0.15, 0.2) is 6.61 Å². The molecule has 1 aromatic rings. The lowest BCUT2D eigenvalue weighted by Crippen LogP contribution is -2.48. The highest BCUT2D eigenvalue weighted by atomic mass is 79.9. The van der Waals surface area contributed by atoms with Crippen molar-refractivity contribution in [3.8, 4) is 5.75 Å². The van der Waals surface area contributed by atoms with Crippen molar-refractivity contribution in [3.63, 3.8) is 0 Å². The molecule has 2 rings (SSSR count). The molecule has 1 heterocycles. The molecule has 5 nitrogen and oxygen atoms in total. The first kappa shape index (κ1) is 16.3. The number of hydrogen-bond acceptors (Lipinski definition) is 4. The summed E-state index contributed by atoms with van der Waals surface area (Å²) in [6, 6.07) is 5.78. The van der Waals surface area contributed by atoms with E-state index >= 15 is 0 Å². The average Bonchev–Trinajstić information content (AvgIpc) is 2.48. The molecule has 1 saturated heterocycles. The minimum Gasteiger partial charge on any atom is -0.484 e. The van der Waals surface area contributed by atoms with Gasteiger partial charge in [0.2, 0.25) is 0 Å². The van der Waals surface area contributed by atoms with Gasteiger partial charge < -0.3 is 19.9 Å². The fourth-order valence-corrected chi connectivity index (χ4v) is 2.65. The summed E-state index contributed by atoms with van der Waals surface area (Å²) in [7, 11) is 3.97. The first-order valence-electron chi connectivity index (χ1n) is 7.12. The Morgan fingerprint density at radius 1 is 1.33 bits per heavy atom. The van der Waals surface area contributed by atoms with Crippen LogP contribution in [0.5, 0.6) is 5.75 Å². The third-order valence-corrected chi connectivity index (χ3v) is 4.38. The highest BCUT2D eigenvalue weighted by Gasteiger charge is 2.19. The molecular formula is C15H22BrN3O2. The van der Waals surface area contributed by atoms with E-state index in [1.807, 2.05) is 30.1 Å². The Morgan fingerprint density at radius 3 is 2.71 bits per heavy atom. The summed E-state index contributed by atoms with van der Waals surface area (Å²) in [5, 5.41) is 3.11. The van der Waals surface area contributed by atoms with E-state index in [0.717, 1.165) is 48.5 Å². The summed E-state index contributed by atoms with van der Waals surface area (Å²) in [6.45, 7) is 4.27. The van der Waals surface area contributed by atoms with Gasteiger partial charge in [-0.2, -0.15) is 0 Å². The summed E-state index contributed by atoms with van der Waals surface area (Å²) < 4.78 is 6.67. The van der Waals surface area contributed by atoms with E-state index < -0.39 is 0 Å². The van der Waals surface area contributed by atoms with Crippen molar-refractivity contribution in [3.05, 3.63) is 28.2 Å². The molecule has 0 atom stereocenters. The SMILES string of the molecule is CNCc1cc(OCC(=O)N2CCN(C)CC2)ccc1Br. The molecule has 0 unspecified atom stereocenters. The number of amides is 1. The van der Waals surface area contributed by atoms with Crippen LogP contribution in [0.4, 0.5) is 0 Å². The van der Waals surface area contributed by atoms with Gasteiger partial charge in [0.05, 0.1) is 0 Å². The highest BCUT2D eigenvalue weighted by Crippen LogP contribution is 2.22. The number of ether oxygens (including phenoxy) is 1. The molecule has 1 amide bonds. The molecule has 0 saturated carbocycles. The predicted octanol–water partition coefficient (Wildman–Crippen LogP) is 1.32. The average molecular weight is 356 g/mol. The molecule has 116 valence electrons. The van der Waals surface area contributed by atoms with Crippen molar-refractivity contribution >= 4 is 21.8 Å². The van der Waals surface area contributed by atoms with Gasteiger partial charge in [0.25, 0.3) is 5.91 Å². The Hall–Kier alpha value is -1.11.